The molecule has 0 radical (unpaired) electrons. The van der Waals surface area contributed by atoms with Crippen molar-refractivity contribution in [3.05, 3.63) is 0 Å². The van der Waals surface area contributed by atoms with Crippen LogP contribution in [0.2, 0.25) is 0 Å². The van der Waals surface area contributed by atoms with Gasteiger partial charge in [-0.1, -0.05) is 0 Å². The van der Waals surface area contributed by atoms with Gasteiger partial charge in [-0.2, -0.15) is 0 Å². The summed E-state index contributed by atoms with van der Waals surface area (Å²) in [4.78, 5) is 7.96. The van der Waals surface area contributed by atoms with Gasteiger partial charge in [0, 0.05) is 0 Å². The summed E-state index contributed by atoms with van der Waals surface area (Å²) >= 11 is 1.01. The van der Waals surface area contributed by atoms with Crippen LogP contribution in [0.4, 0.5) is 0 Å². The minimum atomic E-state index is -1.19. The van der Waals surface area contributed by atoms with E-state index in [4.69, 9.17) is 5.11 Å². The van der Waals surface area contributed by atoms with Crippen molar-refractivity contribution >= 4 is 62.3 Å². The van der Waals surface area contributed by atoms with Crippen molar-refractivity contribution in [2.75, 3.05) is 0 Å². The molecule has 0 saturated carbocycles. The van der Waals surface area contributed by atoms with Crippen molar-refractivity contribution in [1.29, 1.82) is 0 Å². The van der Waals surface area contributed by atoms with Crippen LogP contribution in [0.1, 0.15) is 0 Å². The van der Waals surface area contributed by atoms with E-state index >= 15 is 0 Å². The molecule has 1 atom stereocenters. The third-order valence-corrected chi connectivity index (χ3v) is 0.658. The van der Waals surface area contributed by atoms with Gasteiger partial charge in [0.05, 0.1) is 0 Å². The summed E-state index contributed by atoms with van der Waals surface area (Å²) in [6.07, 6.45) is 0. The third kappa shape index (κ3) is 2.99. The fourth-order valence-corrected chi connectivity index (χ4v) is 0.144. The summed E-state index contributed by atoms with van der Waals surface area (Å²) in [6, 6.07) is 0. The van der Waals surface area contributed by atoms with Gasteiger partial charge in [-0.3, -0.25) is 0 Å². The van der Waals surface area contributed by atoms with Gasteiger partial charge in [0.1, 0.15) is 0 Å². The van der Waals surface area contributed by atoms with E-state index in [0.717, 1.165) is 16.9 Å². The molecule has 3 nitrogen and oxygen atoms in total. The molecule has 5 heteroatoms. The Kier molecular flexibility index (Phi) is 3.25. The van der Waals surface area contributed by atoms with E-state index in [2.05, 4.69) is 9.78 Å². The van der Waals surface area contributed by atoms with Crippen LogP contribution in [0.15, 0.2) is 0 Å². The molecular weight excluding hydrogens is 223 g/mol. The van der Waals surface area contributed by atoms with Crippen molar-refractivity contribution in [1.82, 2.24) is 0 Å². The predicted molar refractivity (Wildman–Crippen MR) is 24.2 cm³/mol. The Bertz CT molecular complexity index is 48.8. The van der Waals surface area contributed by atoms with Crippen LogP contribution < -0.4 is 0 Å². The van der Waals surface area contributed by atoms with Crippen LogP contribution in [-0.2, 0) is 9.78 Å². The van der Waals surface area contributed by atoms with E-state index in [1.165, 1.54) is 0 Å². The number of aliphatic hydroxyl groups is 1. The van der Waals surface area contributed by atoms with E-state index < -0.39 is 4.76 Å². The topological polar surface area (TPSA) is 45.3 Å². The van der Waals surface area contributed by atoms with Crippen LogP contribution in [-0.4, -0.2) is 72.2 Å². The first-order valence-electron chi connectivity index (χ1n) is 1.09. The molecule has 0 bridgehead atoms. The molecule has 1 aliphatic rings. The fourth-order valence-electron chi connectivity index (χ4n) is 0.0427. The molecular formula is CH5AsO3Sr. The standard InChI is InChI=1S/CH3AsO3.Sr.2H/c2-1(3)4-5-1;;;/h3H,2H2;;;. The summed E-state index contributed by atoms with van der Waals surface area (Å²) in [7, 11) is 0. The zero-order valence-corrected chi connectivity index (χ0v) is 4.76. The minimum absolute atomic E-state index is 0. The molecule has 0 amide bonds. The van der Waals surface area contributed by atoms with Crippen molar-refractivity contribution in [3.8, 4) is 0 Å². The second-order valence-corrected chi connectivity index (χ2v) is 2.33. The molecule has 0 aliphatic carbocycles. The Labute approximate surface area is 80.7 Å². The summed E-state index contributed by atoms with van der Waals surface area (Å²) < 4.78 is -1.19. The van der Waals surface area contributed by atoms with E-state index in [1.807, 2.05) is 0 Å². The Balaban J connectivity index is 0.000000250. The number of hydrogen-bond acceptors (Lipinski definition) is 3. The first-order valence-corrected chi connectivity index (χ1v) is 2.30. The average Bonchev–Trinajstić information content (AvgIpc) is 1.76. The van der Waals surface area contributed by atoms with Gasteiger partial charge >= 0.3 is 82.0 Å². The SMILES string of the molecule is OC1([AsH2])OO1.[SrH2]. The molecule has 1 rings (SSSR count). The third-order valence-electron chi connectivity index (χ3n) is 0.254. The Morgan fingerprint density at radius 3 is 1.67 bits per heavy atom. The second-order valence-electron chi connectivity index (χ2n) is 0.797. The van der Waals surface area contributed by atoms with Crippen molar-refractivity contribution in [3.63, 3.8) is 0 Å². The van der Waals surface area contributed by atoms with E-state index in [1.54, 1.807) is 0 Å². The number of hydrogen-bond donors (Lipinski definition) is 1. The molecule has 0 aromatic carbocycles. The molecule has 1 saturated heterocycles. The Morgan fingerprint density at radius 2 is 1.67 bits per heavy atom. The van der Waals surface area contributed by atoms with Gasteiger partial charge in [0.15, 0.2) is 0 Å². The van der Waals surface area contributed by atoms with E-state index in [9.17, 15) is 0 Å². The quantitative estimate of drug-likeness (QED) is 0.278. The molecule has 6 heavy (non-hydrogen) atoms. The van der Waals surface area contributed by atoms with Crippen LogP contribution in [0.5, 0.6) is 0 Å². The predicted octanol–water partition coefficient (Wildman–Crippen LogP) is -2.73. The molecule has 1 aliphatic heterocycles. The molecule has 34 valence electrons. The van der Waals surface area contributed by atoms with Crippen LogP contribution in [0.25, 0.3) is 0 Å². The summed E-state index contributed by atoms with van der Waals surface area (Å²) in [6.45, 7) is 0. The molecule has 0 aromatic heterocycles. The van der Waals surface area contributed by atoms with E-state index in [0.29, 0.717) is 0 Å². The molecule has 1 N–H and O–H groups in total. The molecule has 1 fully saturated rings. The van der Waals surface area contributed by atoms with Gasteiger partial charge in [0.2, 0.25) is 0 Å². The van der Waals surface area contributed by atoms with Gasteiger partial charge in [0.25, 0.3) is 0 Å². The maximum atomic E-state index is 8.22. The Hall–Kier alpha value is 1.92. The molecule has 0 aromatic rings. The first-order chi connectivity index (χ1) is 2.21. The molecule has 1 unspecified atom stereocenters. The van der Waals surface area contributed by atoms with Gasteiger partial charge in [-0.15, -0.1) is 0 Å². The first kappa shape index (κ1) is 7.92. The summed E-state index contributed by atoms with van der Waals surface area (Å²) in [5.41, 5.74) is 0. The second kappa shape index (κ2) is 2.46. The summed E-state index contributed by atoms with van der Waals surface area (Å²) in [5, 5.41) is 8.22. The monoisotopic (exact) mass is 228 g/mol. The summed E-state index contributed by atoms with van der Waals surface area (Å²) in [5.74, 6) is 0. The fraction of sp³-hybridized carbons (Fsp3) is 1.00. The normalized spacial score (nSPS) is 25.0. The molecule has 0 spiro atoms. The van der Waals surface area contributed by atoms with E-state index in [-0.39, 0.29) is 45.5 Å². The van der Waals surface area contributed by atoms with Crippen LogP contribution in [0, 0.1) is 0 Å². The van der Waals surface area contributed by atoms with Gasteiger partial charge < -0.3 is 0 Å². The Morgan fingerprint density at radius 1 is 1.50 bits per heavy atom. The van der Waals surface area contributed by atoms with Gasteiger partial charge in [-0.25, -0.2) is 0 Å². The zero-order chi connectivity index (χ0) is 3.91. The van der Waals surface area contributed by atoms with Crippen molar-refractivity contribution in [2.24, 2.45) is 0 Å². The molecule has 1 heterocycles. The van der Waals surface area contributed by atoms with Crippen LogP contribution >= 0.6 is 0 Å². The van der Waals surface area contributed by atoms with Crippen LogP contribution in [0.3, 0.4) is 0 Å². The number of rotatable bonds is 0. The van der Waals surface area contributed by atoms with Crippen molar-refractivity contribution < 1.29 is 14.9 Å². The van der Waals surface area contributed by atoms with Crippen molar-refractivity contribution in [2.45, 2.75) is 4.76 Å². The zero-order valence-electron chi connectivity index (χ0n) is 2.34. The maximum absolute atomic E-state index is 8.22. The average molecular weight is 228 g/mol. The van der Waals surface area contributed by atoms with Gasteiger partial charge in [-0.05, 0) is 0 Å².